The average Bonchev–Trinajstić information content (AvgIpc) is 2.99. The van der Waals surface area contributed by atoms with Crippen molar-refractivity contribution in [1.82, 2.24) is 19.7 Å². The lowest BCUT2D eigenvalue weighted by molar-refractivity contribution is 0.797. The Labute approximate surface area is 88.4 Å². The van der Waals surface area contributed by atoms with E-state index in [0.717, 1.165) is 23.9 Å². The third-order valence-corrected chi connectivity index (χ3v) is 2.79. The highest BCUT2D eigenvalue weighted by atomic mass is 15.1. The van der Waals surface area contributed by atoms with Crippen LogP contribution in [0.25, 0.3) is 5.78 Å². The van der Waals surface area contributed by atoms with Gasteiger partial charge in [0.1, 0.15) is 0 Å². The van der Waals surface area contributed by atoms with Crippen LogP contribution in [0.4, 0.5) is 0 Å². The predicted molar refractivity (Wildman–Crippen MR) is 57.7 cm³/mol. The smallest absolute Gasteiger partial charge is 0.233 e. The van der Waals surface area contributed by atoms with Gasteiger partial charge in [0.05, 0.1) is 5.69 Å². The van der Waals surface area contributed by atoms with Crippen molar-refractivity contribution in [2.24, 2.45) is 0 Å². The van der Waals surface area contributed by atoms with Crippen LogP contribution in [0.1, 0.15) is 30.0 Å². The third kappa shape index (κ3) is 1.61. The van der Waals surface area contributed by atoms with Gasteiger partial charge in [-0.05, 0) is 31.4 Å². The molecule has 0 atom stereocenters. The van der Waals surface area contributed by atoms with Crippen molar-refractivity contribution in [2.75, 3.05) is 7.05 Å². The van der Waals surface area contributed by atoms with Crippen LogP contribution in [0, 0.1) is 0 Å². The minimum absolute atomic E-state index is 0.747. The fourth-order valence-corrected chi connectivity index (χ4v) is 1.84. The normalized spacial score (nSPS) is 16.1. The fourth-order valence-electron chi connectivity index (χ4n) is 1.84. The van der Waals surface area contributed by atoms with Crippen LogP contribution in [0.3, 0.4) is 0 Å². The van der Waals surface area contributed by atoms with Crippen molar-refractivity contribution >= 4 is 5.78 Å². The van der Waals surface area contributed by atoms with Gasteiger partial charge in [0.25, 0.3) is 0 Å². The summed E-state index contributed by atoms with van der Waals surface area (Å²) < 4.78 is 2.03. The lowest BCUT2D eigenvalue weighted by Crippen LogP contribution is -2.04. The van der Waals surface area contributed by atoms with Crippen LogP contribution in [0.2, 0.25) is 0 Å². The average molecular weight is 202 g/mol. The second kappa shape index (κ2) is 3.31. The lowest BCUT2D eigenvalue weighted by atomic mass is 10.2. The van der Waals surface area contributed by atoms with Crippen LogP contribution in [-0.4, -0.2) is 21.4 Å². The molecule has 78 valence electrons. The number of hydrogen-bond acceptors (Lipinski definition) is 3. The molecule has 0 unspecified atom stereocenters. The van der Waals surface area contributed by atoms with Gasteiger partial charge in [0.2, 0.25) is 5.78 Å². The number of rotatable bonds is 3. The van der Waals surface area contributed by atoms with E-state index in [2.05, 4.69) is 21.5 Å². The Balaban J connectivity index is 2.02. The van der Waals surface area contributed by atoms with E-state index < -0.39 is 0 Å². The molecule has 1 fully saturated rings. The highest BCUT2D eigenvalue weighted by Gasteiger charge is 2.24. The molecule has 0 bridgehead atoms. The van der Waals surface area contributed by atoms with Crippen molar-refractivity contribution in [1.29, 1.82) is 0 Å². The van der Waals surface area contributed by atoms with Crippen LogP contribution >= 0.6 is 0 Å². The number of imidazole rings is 1. The molecule has 1 saturated carbocycles. The van der Waals surface area contributed by atoms with Crippen molar-refractivity contribution < 1.29 is 0 Å². The van der Waals surface area contributed by atoms with E-state index >= 15 is 0 Å². The molecule has 0 aliphatic heterocycles. The summed E-state index contributed by atoms with van der Waals surface area (Å²) in [7, 11) is 1.92. The maximum atomic E-state index is 4.41. The molecule has 1 N–H and O–H groups in total. The quantitative estimate of drug-likeness (QED) is 0.816. The Kier molecular flexibility index (Phi) is 1.95. The Morgan fingerprint density at radius 3 is 3.07 bits per heavy atom. The van der Waals surface area contributed by atoms with Gasteiger partial charge in [-0.15, -0.1) is 0 Å². The Hall–Kier alpha value is -1.42. The minimum atomic E-state index is 0.747. The first-order valence-electron chi connectivity index (χ1n) is 5.35. The van der Waals surface area contributed by atoms with E-state index in [9.17, 15) is 0 Å². The molecule has 1 aliphatic carbocycles. The first-order valence-corrected chi connectivity index (χ1v) is 5.35. The van der Waals surface area contributed by atoms with Crippen LogP contribution in [0.5, 0.6) is 0 Å². The zero-order chi connectivity index (χ0) is 10.3. The number of nitrogens with zero attached hydrogens (tertiary/aromatic N) is 3. The van der Waals surface area contributed by atoms with Crippen molar-refractivity contribution in [3.63, 3.8) is 0 Å². The summed E-state index contributed by atoms with van der Waals surface area (Å²) in [6.45, 7) is 0.794. The SMILES string of the molecule is CNCc1cn2cc(C3CC3)cnc2n1. The molecular weight excluding hydrogens is 188 g/mol. The summed E-state index contributed by atoms with van der Waals surface area (Å²) in [5.41, 5.74) is 2.38. The molecule has 0 aromatic carbocycles. The highest BCUT2D eigenvalue weighted by molar-refractivity contribution is 5.33. The van der Waals surface area contributed by atoms with Gasteiger partial charge in [0, 0.05) is 25.1 Å². The maximum Gasteiger partial charge on any atom is 0.233 e. The number of hydrogen-bond donors (Lipinski definition) is 1. The fraction of sp³-hybridized carbons (Fsp3) is 0.455. The largest absolute Gasteiger partial charge is 0.314 e. The third-order valence-electron chi connectivity index (χ3n) is 2.79. The van der Waals surface area contributed by atoms with Crippen LogP contribution in [0.15, 0.2) is 18.6 Å². The first kappa shape index (κ1) is 8.85. The van der Waals surface area contributed by atoms with Gasteiger partial charge in [-0.2, -0.15) is 0 Å². The maximum absolute atomic E-state index is 4.41. The molecule has 0 radical (unpaired) electrons. The Morgan fingerprint density at radius 1 is 1.47 bits per heavy atom. The molecule has 15 heavy (non-hydrogen) atoms. The van der Waals surface area contributed by atoms with Gasteiger partial charge in [-0.3, -0.25) is 4.40 Å². The zero-order valence-corrected chi connectivity index (χ0v) is 8.77. The molecule has 4 nitrogen and oxygen atoms in total. The summed E-state index contributed by atoms with van der Waals surface area (Å²) in [6, 6.07) is 0. The summed E-state index contributed by atoms with van der Waals surface area (Å²) in [5, 5.41) is 3.09. The second-order valence-electron chi connectivity index (χ2n) is 4.13. The van der Waals surface area contributed by atoms with Gasteiger partial charge in [-0.25, -0.2) is 9.97 Å². The lowest BCUT2D eigenvalue weighted by Gasteiger charge is -1.97. The highest BCUT2D eigenvalue weighted by Crippen LogP contribution is 2.39. The number of nitrogens with one attached hydrogen (secondary N) is 1. The van der Waals surface area contributed by atoms with Gasteiger partial charge in [0.15, 0.2) is 0 Å². The van der Waals surface area contributed by atoms with Crippen LogP contribution < -0.4 is 5.32 Å². The molecule has 3 rings (SSSR count). The minimum Gasteiger partial charge on any atom is -0.314 e. The topological polar surface area (TPSA) is 42.2 Å². The van der Waals surface area contributed by atoms with Crippen molar-refractivity contribution in [3.05, 3.63) is 29.8 Å². The monoisotopic (exact) mass is 202 g/mol. The Morgan fingerprint density at radius 2 is 2.33 bits per heavy atom. The molecule has 0 amide bonds. The molecular formula is C11H14N4. The molecule has 0 saturated heterocycles. The second-order valence-corrected chi connectivity index (χ2v) is 4.13. The van der Waals surface area contributed by atoms with E-state index in [1.165, 1.54) is 18.4 Å². The van der Waals surface area contributed by atoms with Crippen LogP contribution in [-0.2, 0) is 6.54 Å². The van der Waals surface area contributed by atoms with Gasteiger partial charge >= 0.3 is 0 Å². The summed E-state index contributed by atoms with van der Waals surface area (Å²) in [5.74, 6) is 1.54. The Bertz CT molecular complexity index is 484. The number of aromatic nitrogens is 3. The van der Waals surface area contributed by atoms with Gasteiger partial charge < -0.3 is 5.32 Å². The first-order chi connectivity index (χ1) is 7.36. The molecule has 0 spiro atoms. The van der Waals surface area contributed by atoms with E-state index in [1.54, 1.807) is 0 Å². The van der Waals surface area contributed by atoms with E-state index in [0.29, 0.717) is 0 Å². The molecule has 2 heterocycles. The molecule has 1 aliphatic rings. The van der Waals surface area contributed by atoms with Crippen molar-refractivity contribution in [2.45, 2.75) is 25.3 Å². The van der Waals surface area contributed by atoms with Gasteiger partial charge in [-0.1, -0.05) is 0 Å². The predicted octanol–water partition coefficient (Wildman–Crippen LogP) is 1.33. The van der Waals surface area contributed by atoms with E-state index in [4.69, 9.17) is 0 Å². The van der Waals surface area contributed by atoms with Crippen molar-refractivity contribution in [3.8, 4) is 0 Å². The van der Waals surface area contributed by atoms with E-state index in [-0.39, 0.29) is 0 Å². The molecule has 4 heteroatoms. The standard InChI is InChI=1S/C11H14N4/c1-12-5-10-7-15-6-9(8-2-3-8)4-13-11(15)14-10/h4,6-8,12H,2-3,5H2,1H3. The molecule has 2 aromatic heterocycles. The molecule has 2 aromatic rings. The number of fused-ring (bicyclic) bond motifs is 1. The van der Waals surface area contributed by atoms with E-state index in [1.807, 2.05) is 23.8 Å². The zero-order valence-electron chi connectivity index (χ0n) is 8.77. The summed E-state index contributed by atoms with van der Waals surface area (Å²) >= 11 is 0. The summed E-state index contributed by atoms with van der Waals surface area (Å²) in [6.07, 6.45) is 8.79. The summed E-state index contributed by atoms with van der Waals surface area (Å²) in [4.78, 5) is 8.78.